The van der Waals surface area contributed by atoms with Crippen LogP contribution >= 0.6 is 23.4 Å². The second-order valence-electron chi connectivity index (χ2n) is 2.95. The lowest BCUT2D eigenvalue weighted by Gasteiger charge is -2.02. The Balaban J connectivity index is 2.53. The summed E-state index contributed by atoms with van der Waals surface area (Å²) in [6.07, 6.45) is 4.06. The highest BCUT2D eigenvalue weighted by atomic mass is 35.5. The maximum Gasteiger partial charge on any atom is 0.0673 e. The SMILES string of the molecule is CN=C(CCc1cccc(Cl)c1)SC. The van der Waals surface area contributed by atoms with Crippen LogP contribution in [-0.2, 0) is 6.42 Å². The van der Waals surface area contributed by atoms with E-state index in [0.29, 0.717) is 0 Å². The molecule has 0 bridgehead atoms. The van der Waals surface area contributed by atoms with Crippen molar-refractivity contribution in [2.24, 2.45) is 4.99 Å². The van der Waals surface area contributed by atoms with Gasteiger partial charge in [0.05, 0.1) is 5.04 Å². The van der Waals surface area contributed by atoms with Crippen molar-refractivity contribution in [3.8, 4) is 0 Å². The van der Waals surface area contributed by atoms with Gasteiger partial charge in [0.1, 0.15) is 0 Å². The number of thioether (sulfide) groups is 1. The van der Waals surface area contributed by atoms with Crippen LogP contribution < -0.4 is 0 Å². The molecule has 1 aromatic rings. The molecule has 0 saturated carbocycles. The third-order valence-electron chi connectivity index (χ3n) is 2.00. The Hall–Kier alpha value is -0.470. The molecule has 0 aliphatic carbocycles. The maximum atomic E-state index is 5.89. The number of hydrogen-bond acceptors (Lipinski definition) is 2. The number of aliphatic imine (C=N–C) groups is 1. The minimum absolute atomic E-state index is 0.807. The van der Waals surface area contributed by atoms with Crippen molar-refractivity contribution in [3.05, 3.63) is 34.9 Å². The summed E-state index contributed by atoms with van der Waals surface area (Å²) >= 11 is 7.60. The zero-order chi connectivity index (χ0) is 10.4. The third-order valence-corrected chi connectivity index (χ3v) is 3.09. The molecule has 0 radical (unpaired) electrons. The van der Waals surface area contributed by atoms with E-state index in [1.54, 1.807) is 11.8 Å². The van der Waals surface area contributed by atoms with E-state index in [-0.39, 0.29) is 0 Å². The predicted octanol–water partition coefficient (Wildman–Crippen LogP) is 3.66. The minimum atomic E-state index is 0.807. The van der Waals surface area contributed by atoms with E-state index in [9.17, 15) is 0 Å². The molecule has 0 aliphatic heterocycles. The Morgan fingerprint density at radius 2 is 2.29 bits per heavy atom. The Kier molecular flexibility index (Phi) is 5.05. The molecule has 14 heavy (non-hydrogen) atoms. The largest absolute Gasteiger partial charge is 0.286 e. The first-order valence-electron chi connectivity index (χ1n) is 4.50. The van der Waals surface area contributed by atoms with Crippen molar-refractivity contribution in [3.63, 3.8) is 0 Å². The standard InChI is InChI=1S/C11H14ClNS/c1-13-11(14-2)7-6-9-4-3-5-10(12)8-9/h3-5,8H,6-7H2,1-2H3. The Bertz CT molecular complexity index is 323. The summed E-state index contributed by atoms with van der Waals surface area (Å²) in [6.45, 7) is 0. The zero-order valence-corrected chi connectivity index (χ0v) is 10.0. The van der Waals surface area contributed by atoms with Gasteiger partial charge in [-0.3, -0.25) is 4.99 Å². The van der Waals surface area contributed by atoms with Crippen molar-refractivity contribution < 1.29 is 0 Å². The van der Waals surface area contributed by atoms with Gasteiger partial charge >= 0.3 is 0 Å². The fourth-order valence-electron chi connectivity index (χ4n) is 1.25. The number of hydrogen-bond donors (Lipinski definition) is 0. The number of aryl methyl sites for hydroxylation is 1. The molecule has 0 saturated heterocycles. The summed E-state index contributed by atoms with van der Waals surface area (Å²) < 4.78 is 0. The van der Waals surface area contributed by atoms with Crippen LogP contribution in [0.25, 0.3) is 0 Å². The maximum absolute atomic E-state index is 5.89. The first-order valence-corrected chi connectivity index (χ1v) is 6.10. The van der Waals surface area contributed by atoms with E-state index < -0.39 is 0 Å². The highest BCUT2D eigenvalue weighted by Gasteiger charge is 1.98. The fraction of sp³-hybridized carbons (Fsp3) is 0.364. The number of halogens is 1. The normalized spacial score (nSPS) is 11.8. The molecule has 1 aromatic carbocycles. The van der Waals surface area contributed by atoms with Gasteiger partial charge in [-0.2, -0.15) is 0 Å². The van der Waals surface area contributed by atoms with Crippen molar-refractivity contribution in [2.45, 2.75) is 12.8 Å². The van der Waals surface area contributed by atoms with Gasteiger partial charge in [-0.25, -0.2) is 0 Å². The molecular formula is C11H14ClNS. The van der Waals surface area contributed by atoms with Crippen molar-refractivity contribution >= 4 is 28.4 Å². The van der Waals surface area contributed by atoms with Crippen LogP contribution in [0.4, 0.5) is 0 Å². The van der Waals surface area contributed by atoms with Gasteiger partial charge in [-0.15, -0.1) is 11.8 Å². The van der Waals surface area contributed by atoms with Gasteiger partial charge < -0.3 is 0 Å². The summed E-state index contributed by atoms with van der Waals surface area (Å²) in [7, 11) is 1.84. The second-order valence-corrected chi connectivity index (χ2v) is 4.27. The van der Waals surface area contributed by atoms with Crippen LogP contribution in [0.15, 0.2) is 29.3 Å². The quantitative estimate of drug-likeness (QED) is 0.567. The number of benzene rings is 1. The monoisotopic (exact) mass is 227 g/mol. The van der Waals surface area contributed by atoms with Gasteiger partial charge in [0.15, 0.2) is 0 Å². The van der Waals surface area contributed by atoms with Crippen molar-refractivity contribution in [1.82, 2.24) is 0 Å². The van der Waals surface area contributed by atoms with Crippen molar-refractivity contribution in [1.29, 1.82) is 0 Å². The number of nitrogens with zero attached hydrogens (tertiary/aromatic N) is 1. The molecule has 1 rings (SSSR count). The van der Waals surface area contributed by atoms with E-state index in [2.05, 4.69) is 17.3 Å². The van der Waals surface area contributed by atoms with Gasteiger partial charge in [-0.05, 0) is 36.8 Å². The second kappa shape index (κ2) is 6.10. The molecule has 76 valence electrons. The van der Waals surface area contributed by atoms with Crippen LogP contribution in [0.3, 0.4) is 0 Å². The molecule has 1 nitrogen and oxygen atoms in total. The Morgan fingerprint density at radius 1 is 1.50 bits per heavy atom. The first kappa shape index (κ1) is 11.6. The van der Waals surface area contributed by atoms with E-state index in [4.69, 9.17) is 11.6 Å². The summed E-state index contributed by atoms with van der Waals surface area (Å²) in [5.74, 6) is 0. The van der Waals surface area contributed by atoms with E-state index in [1.165, 1.54) is 10.6 Å². The topological polar surface area (TPSA) is 12.4 Å². The molecule has 0 N–H and O–H groups in total. The lowest BCUT2D eigenvalue weighted by molar-refractivity contribution is 1.05. The average molecular weight is 228 g/mol. The van der Waals surface area contributed by atoms with Crippen molar-refractivity contribution in [2.75, 3.05) is 13.3 Å². The smallest absolute Gasteiger partial charge is 0.0673 e. The van der Waals surface area contributed by atoms with Crippen LogP contribution in [0.1, 0.15) is 12.0 Å². The Labute approximate surface area is 94.6 Å². The van der Waals surface area contributed by atoms with Gasteiger partial charge in [0, 0.05) is 12.1 Å². The zero-order valence-electron chi connectivity index (χ0n) is 8.46. The first-order chi connectivity index (χ1) is 6.76. The summed E-state index contributed by atoms with van der Waals surface area (Å²) in [5, 5.41) is 1.99. The van der Waals surface area contributed by atoms with Crippen LogP contribution in [0.5, 0.6) is 0 Å². The fourth-order valence-corrected chi connectivity index (χ4v) is 1.95. The molecule has 0 heterocycles. The van der Waals surface area contributed by atoms with E-state index in [1.807, 2.05) is 25.2 Å². The Morgan fingerprint density at radius 3 is 2.86 bits per heavy atom. The molecule has 0 unspecified atom stereocenters. The highest BCUT2D eigenvalue weighted by molar-refractivity contribution is 8.13. The van der Waals surface area contributed by atoms with Gasteiger partial charge in [0.25, 0.3) is 0 Å². The van der Waals surface area contributed by atoms with Gasteiger partial charge in [0.2, 0.25) is 0 Å². The molecule has 0 spiro atoms. The summed E-state index contributed by atoms with van der Waals surface area (Å²) in [6, 6.07) is 7.99. The number of rotatable bonds is 3. The minimum Gasteiger partial charge on any atom is -0.286 e. The highest BCUT2D eigenvalue weighted by Crippen LogP contribution is 2.14. The molecular weight excluding hydrogens is 214 g/mol. The van der Waals surface area contributed by atoms with E-state index >= 15 is 0 Å². The van der Waals surface area contributed by atoms with Crippen LogP contribution in [0, 0.1) is 0 Å². The third kappa shape index (κ3) is 3.72. The van der Waals surface area contributed by atoms with Crippen LogP contribution in [-0.4, -0.2) is 18.3 Å². The summed E-state index contributed by atoms with van der Waals surface area (Å²) in [4.78, 5) is 4.19. The average Bonchev–Trinajstić information content (AvgIpc) is 2.19. The molecule has 0 aliphatic rings. The lowest BCUT2D eigenvalue weighted by atomic mass is 10.1. The predicted molar refractivity (Wildman–Crippen MR) is 66.6 cm³/mol. The summed E-state index contributed by atoms with van der Waals surface area (Å²) in [5.41, 5.74) is 1.27. The molecule has 3 heteroatoms. The lowest BCUT2D eigenvalue weighted by Crippen LogP contribution is -1.94. The van der Waals surface area contributed by atoms with E-state index in [0.717, 1.165) is 17.9 Å². The van der Waals surface area contributed by atoms with Gasteiger partial charge in [-0.1, -0.05) is 23.7 Å². The van der Waals surface area contributed by atoms with Crippen LogP contribution in [0.2, 0.25) is 5.02 Å². The molecule has 0 aromatic heterocycles. The molecule has 0 amide bonds. The molecule has 0 atom stereocenters. The molecule has 0 fully saturated rings.